The molecular weight excluding hydrogens is 246 g/mol. The van der Waals surface area contributed by atoms with Gasteiger partial charge in [-0.3, -0.25) is 0 Å². The van der Waals surface area contributed by atoms with Gasteiger partial charge in [-0.15, -0.1) is 0 Å². The van der Waals surface area contributed by atoms with E-state index in [-0.39, 0.29) is 6.61 Å². The molecule has 0 spiro atoms. The number of nitrogens with zero attached hydrogens (tertiary/aromatic N) is 2. The van der Waals surface area contributed by atoms with Gasteiger partial charge in [0.05, 0.1) is 13.7 Å². The number of ether oxygens (including phenoxy) is 2. The first-order chi connectivity index (χ1) is 9.26. The van der Waals surface area contributed by atoms with Crippen LogP contribution in [0.15, 0.2) is 30.6 Å². The average Bonchev–Trinajstić information content (AvgIpc) is 2.48. The molecule has 2 N–H and O–H groups in total. The maximum Gasteiger partial charge on any atom is 0.224 e. The van der Waals surface area contributed by atoms with Crippen LogP contribution in [0.25, 0.3) is 0 Å². The van der Waals surface area contributed by atoms with Crippen molar-refractivity contribution in [1.82, 2.24) is 9.97 Å². The second kappa shape index (κ2) is 6.01. The number of aliphatic hydroxyl groups is 1. The quantitative estimate of drug-likeness (QED) is 0.854. The van der Waals surface area contributed by atoms with Gasteiger partial charge in [-0.25, -0.2) is 9.97 Å². The normalized spacial score (nSPS) is 10.1. The highest BCUT2D eigenvalue weighted by Crippen LogP contribution is 2.31. The van der Waals surface area contributed by atoms with Crippen LogP contribution in [-0.2, 0) is 6.61 Å². The molecule has 6 nitrogen and oxygen atoms in total. The minimum atomic E-state index is -0.0476. The van der Waals surface area contributed by atoms with Crippen molar-refractivity contribution in [2.75, 3.05) is 19.5 Å². The molecule has 19 heavy (non-hydrogen) atoms. The number of rotatable bonds is 5. The molecule has 0 fully saturated rings. The van der Waals surface area contributed by atoms with Crippen molar-refractivity contribution in [3.8, 4) is 17.4 Å². The van der Waals surface area contributed by atoms with Gasteiger partial charge in [0.25, 0.3) is 0 Å². The van der Waals surface area contributed by atoms with Crippen LogP contribution >= 0.6 is 0 Å². The lowest BCUT2D eigenvalue weighted by molar-refractivity contribution is 0.280. The molecule has 0 atom stereocenters. The number of hydrogen-bond donors (Lipinski definition) is 2. The predicted octanol–water partition coefficient (Wildman–Crippen LogP) is 1.81. The summed E-state index contributed by atoms with van der Waals surface area (Å²) in [5, 5.41) is 12.0. The molecule has 100 valence electrons. The Hall–Kier alpha value is -2.34. The van der Waals surface area contributed by atoms with Gasteiger partial charge in [0, 0.05) is 13.1 Å². The molecule has 0 aliphatic heterocycles. The average molecular weight is 261 g/mol. The summed E-state index contributed by atoms with van der Waals surface area (Å²) in [6.45, 7) is -0.0476. The van der Waals surface area contributed by atoms with Crippen molar-refractivity contribution in [3.63, 3.8) is 0 Å². The van der Waals surface area contributed by atoms with Gasteiger partial charge in [0.2, 0.25) is 5.88 Å². The summed E-state index contributed by atoms with van der Waals surface area (Å²) in [7, 11) is 3.31. The van der Waals surface area contributed by atoms with Crippen molar-refractivity contribution in [1.29, 1.82) is 0 Å². The molecule has 1 aromatic heterocycles. The van der Waals surface area contributed by atoms with Crippen LogP contribution in [0.1, 0.15) is 5.56 Å². The summed E-state index contributed by atoms with van der Waals surface area (Å²) in [4.78, 5) is 8.03. The Labute approximate surface area is 111 Å². The van der Waals surface area contributed by atoms with Crippen molar-refractivity contribution >= 4 is 5.82 Å². The van der Waals surface area contributed by atoms with Crippen LogP contribution in [-0.4, -0.2) is 29.2 Å². The summed E-state index contributed by atoms with van der Waals surface area (Å²) >= 11 is 0. The van der Waals surface area contributed by atoms with Gasteiger partial charge in [-0.2, -0.15) is 0 Å². The number of hydrogen-bond acceptors (Lipinski definition) is 6. The number of aliphatic hydroxyl groups excluding tert-OH is 1. The summed E-state index contributed by atoms with van der Waals surface area (Å²) in [6.07, 6.45) is 1.41. The molecule has 0 saturated carbocycles. The summed E-state index contributed by atoms with van der Waals surface area (Å²) in [6, 6.07) is 6.89. The highest BCUT2D eigenvalue weighted by molar-refractivity contribution is 5.45. The first-order valence-electron chi connectivity index (χ1n) is 5.72. The van der Waals surface area contributed by atoms with E-state index < -0.39 is 0 Å². The fourth-order valence-electron chi connectivity index (χ4n) is 1.54. The predicted molar refractivity (Wildman–Crippen MR) is 70.6 cm³/mol. The van der Waals surface area contributed by atoms with E-state index in [0.717, 1.165) is 5.56 Å². The standard InChI is InChI=1S/C13H15N3O3/c1-14-12-6-13(16-8-15-12)19-10-4-3-9(7-17)5-11(10)18-2/h3-6,8,17H,7H2,1-2H3,(H,14,15,16). The van der Waals surface area contributed by atoms with E-state index in [4.69, 9.17) is 14.6 Å². The molecule has 0 amide bonds. The minimum absolute atomic E-state index is 0.0476. The van der Waals surface area contributed by atoms with Crippen molar-refractivity contribution < 1.29 is 14.6 Å². The first-order valence-corrected chi connectivity index (χ1v) is 5.72. The second-order valence-electron chi connectivity index (χ2n) is 3.74. The minimum Gasteiger partial charge on any atom is -0.493 e. The SMILES string of the molecule is CNc1cc(Oc2ccc(CO)cc2OC)ncn1. The topological polar surface area (TPSA) is 76.5 Å². The molecule has 0 bridgehead atoms. The van der Waals surface area contributed by atoms with Crippen LogP contribution in [0.3, 0.4) is 0 Å². The Morgan fingerprint density at radius 2 is 2.05 bits per heavy atom. The third-order valence-corrected chi connectivity index (χ3v) is 2.52. The van der Waals surface area contributed by atoms with Crippen LogP contribution in [0.5, 0.6) is 17.4 Å². The van der Waals surface area contributed by atoms with Gasteiger partial charge < -0.3 is 19.9 Å². The molecule has 2 rings (SSSR count). The van der Waals surface area contributed by atoms with Gasteiger partial charge in [-0.1, -0.05) is 6.07 Å². The zero-order valence-corrected chi connectivity index (χ0v) is 10.8. The van der Waals surface area contributed by atoms with Crippen molar-refractivity contribution in [2.24, 2.45) is 0 Å². The zero-order valence-electron chi connectivity index (χ0n) is 10.8. The van der Waals surface area contributed by atoms with E-state index in [2.05, 4.69) is 15.3 Å². The highest BCUT2D eigenvalue weighted by Gasteiger charge is 2.08. The number of nitrogens with one attached hydrogen (secondary N) is 1. The molecule has 0 aliphatic rings. The third-order valence-electron chi connectivity index (χ3n) is 2.52. The summed E-state index contributed by atoms with van der Waals surface area (Å²) < 4.78 is 10.9. The highest BCUT2D eigenvalue weighted by atomic mass is 16.5. The third kappa shape index (κ3) is 3.11. The van der Waals surface area contributed by atoms with Crippen LogP contribution in [0.4, 0.5) is 5.82 Å². The van der Waals surface area contributed by atoms with Crippen molar-refractivity contribution in [2.45, 2.75) is 6.61 Å². The lowest BCUT2D eigenvalue weighted by atomic mass is 10.2. The molecule has 1 aromatic carbocycles. The van der Waals surface area contributed by atoms with Gasteiger partial charge in [0.1, 0.15) is 12.1 Å². The molecule has 0 aliphatic carbocycles. The number of anilines is 1. The Morgan fingerprint density at radius 1 is 1.21 bits per heavy atom. The molecule has 1 heterocycles. The molecule has 0 saturated heterocycles. The van der Waals surface area contributed by atoms with E-state index in [1.807, 2.05) is 0 Å². The Balaban J connectivity index is 2.26. The molecule has 0 unspecified atom stereocenters. The Morgan fingerprint density at radius 3 is 2.74 bits per heavy atom. The summed E-state index contributed by atoms with van der Waals surface area (Å²) in [5.74, 6) is 2.14. The second-order valence-corrected chi connectivity index (χ2v) is 3.74. The lowest BCUT2D eigenvalue weighted by Crippen LogP contribution is -1.97. The lowest BCUT2D eigenvalue weighted by Gasteiger charge is -2.11. The Kier molecular flexibility index (Phi) is 4.15. The van der Waals surface area contributed by atoms with E-state index in [0.29, 0.717) is 23.2 Å². The maximum atomic E-state index is 9.08. The number of benzene rings is 1. The van der Waals surface area contributed by atoms with Crippen LogP contribution in [0, 0.1) is 0 Å². The molecule has 0 radical (unpaired) electrons. The zero-order chi connectivity index (χ0) is 13.7. The van der Waals surface area contributed by atoms with Gasteiger partial charge >= 0.3 is 0 Å². The molecule has 2 aromatic rings. The first kappa shape index (κ1) is 13.1. The van der Waals surface area contributed by atoms with Crippen LogP contribution < -0.4 is 14.8 Å². The van der Waals surface area contributed by atoms with Crippen molar-refractivity contribution in [3.05, 3.63) is 36.2 Å². The monoisotopic (exact) mass is 261 g/mol. The number of methoxy groups -OCH3 is 1. The van der Waals surface area contributed by atoms with Gasteiger partial charge in [0.15, 0.2) is 11.5 Å². The molecule has 6 heteroatoms. The Bertz CT molecular complexity index is 561. The van der Waals surface area contributed by atoms with E-state index >= 15 is 0 Å². The van der Waals surface area contributed by atoms with E-state index in [1.165, 1.54) is 6.33 Å². The fraction of sp³-hybridized carbons (Fsp3) is 0.231. The van der Waals surface area contributed by atoms with Crippen LogP contribution in [0.2, 0.25) is 0 Å². The molecular formula is C13H15N3O3. The van der Waals surface area contributed by atoms with E-state index in [9.17, 15) is 0 Å². The van der Waals surface area contributed by atoms with Gasteiger partial charge in [-0.05, 0) is 17.7 Å². The summed E-state index contributed by atoms with van der Waals surface area (Å²) in [5.41, 5.74) is 0.753. The largest absolute Gasteiger partial charge is 0.493 e. The smallest absolute Gasteiger partial charge is 0.224 e. The number of aromatic nitrogens is 2. The fourth-order valence-corrected chi connectivity index (χ4v) is 1.54. The maximum absolute atomic E-state index is 9.08. The van der Waals surface area contributed by atoms with E-state index in [1.54, 1.807) is 38.4 Å².